The van der Waals surface area contributed by atoms with Gasteiger partial charge in [0.25, 0.3) is 5.91 Å². The fourth-order valence-corrected chi connectivity index (χ4v) is 3.69. The van der Waals surface area contributed by atoms with Crippen molar-refractivity contribution in [3.05, 3.63) is 65.4 Å². The first-order valence-electron chi connectivity index (χ1n) is 9.90. The van der Waals surface area contributed by atoms with Gasteiger partial charge in [-0.3, -0.25) is 4.79 Å². The van der Waals surface area contributed by atoms with E-state index >= 15 is 0 Å². The van der Waals surface area contributed by atoms with Gasteiger partial charge in [-0.05, 0) is 42.7 Å². The quantitative estimate of drug-likeness (QED) is 0.695. The molecule has 3 aromatic rings. The van der Waals surface area contributed by atoms with Crippen molar-refractivity contribution in [2.24, 2.45) is 0 Å². The van der Waals surface area contributed by atoms with Gasteiger partial charge in [-0.2, -0.15) is 0 Å². The molecule has 0 unspecified atom stereocenters. The zero-order valence-electron chi connectivity index (χ0n) is 16.7. The Morgan fingerprint density at radius 2 is 1.50 bits per heavy atom. The fraction of sp³-hybridized carbons (Fsp3) is 0.348. The second kappa shape index (κ2) is 7.58. The number of hydrogen-bond donors (Lipinski definition) is 0. The van der Waals surface area contributed by atoms with E-state index in [1.807, 2.05) is 48.2 Å². The van der Waals surface area contributed by atoms with E-state index in [2.05, 4.69) is 30.9 Å². The van der Waals surface area contributed by atoms with Crippen LogP contribution in [0.4, 0.5) is 5.82 Å². The maximum absolute atomic E-state index is 12.8. The molecular formula is C23H26N4O. The molecule has 0 aliphatic carbocycles. The SMILES string of the molecule is Cc1nc2ccccc2nc1N1CCN(C(=O)c2ccc(C(C)C)cc2)CC1. The standard InChI is InChI=1S/C23H26N4O/c1-16(2)18-8-10-19(11-9-18)23(28)27-14-12-26(13-15-27)22-17(3)24-20-6-4-5-7-21(20)25-22/h4-11,16H,12-15H2,1-3H3. The van der Waals surface area contributed by atoms with Gasteiger partial charge in [0.2, 0.25) is 0 Å². The van der Waals surface area contributed by atoms with Crippen LogP contribution in [0.25, 0.3) is 11.0 Å². The number of carbonyl (C=O) groups is 1. The molecule has 144 valence electrons. The lowest BCUT2D eigenvalue weighted by molar-refractivity contribution is 0.0746. The molecule has 2 aromatic carbocycles. The molecule has 0 N–H and O–H groups in total. The Balaban J connectivity index is 1.46. The molecule has 0 radical (unpaired) electrons. The van der Waals surface area contributed by atoms with E-state index in [1.54, 1.807) is 0 Å². The summed E-state index contributed by atoms with van der Waals surface area (Å²) in [6.07, 6.45) is 0. The number of anilines is 1. The van der Waals surface area contributed by atoms with Crippen LogP contribution in [0.1, 0.15) is 41.4 Å². The minimum atomic E-state index is 0.108. The van der Waals surface area contributed by atoms with Crippen LogP contribution in [0.15, 0.2) is 48.5 Å². The van der Waals surface area contributed by atoms with Crippen LogP contribution in [-0.4, -0.2) is 47.0 Å². The number of piperazine rings is 1. The van der Waals surface area contributed by atoms with E-state index in [9.17, 15) is 4.79 Å². The topological polar surface area (TPSA) is 49.3 Å². The molecule has 1 fully saturated rings. The second-order valence-corrected chi connectivity index (χ2v) is 7.68. The van der Waals surface area contributed by atoms with Crippen LogP contribution < -0.4 is 4.90 Å². The van der Waals surface area contributed by atoms with Crippen molar-refractivity contribution in [2.75, 3.05) is 31.1 Å². The average Bonchev–Trinajstić information content (AvgIpc) is 2.73. The summed E-state index contributed by atoms with van der Waals surface area (Å²) in [6.45, 7) is 9.24. The normalized spacial score (nSPS) is 14.7. The molecule has 0 spiro atoms. The van der Waals surface area contributed by atoms with Crippen LogP contribution in [0.3, 0.4) is 0 Å². The summed E-state index contributed by atoms with van der Waals surface area (Å²) < 4.78 is 0. The summed E-state index contributed by atoms with van der Waals surface area (Å²) in [4.78, 5) is 26.5. The number of aromatic nitrogens is 2. The van der Waals surface area contributed by atoms with Crippen molar-refractivity contribution in [1.29, 1.82) is 0 Å². The Morgan fingerprint density at radius 3 is 2.11 bits per heavy atom. The summed E-state index contributed by atoms with van der Waals surface area (Å²) >= 11 is 0. The fourth-order valence-electron chi connectivity index (χ4n) is 3.69. The van der Waals surface area contributed by atoms with Crippen LogP contribution in [0, 0.1) is 6.92 Å². The molecule has 28 heavy (non-hydrogen) atoms. The summed E-state index contributed by atoms with van der Waals surface area (Å²) in [6, 6.07) is 16.0. The third-order valence-electron chi connectivity index (χ3n) is 5.41. The zero-order valence-corrected chi connectivity index (χ0v) is 16.7. The predicted molar refractivity (Wildman–Crippen MR) is 113 cm³/mol. The minimum absolute atomic E-state index is 0.108. The van der Waals surface area contributed by atoms with Gasteiger partial charge in [0, 0.05) is 31.7 Å². The number of hydrogen-bond acceptors (Lipinski definition) is 4. The first-order chi connectivity index (χ1) is 13.5. The Morgan fingerprint density at radius 1 is 0.893 bits per heavy atom. The number of amides is 1. The van der Waals surface area contributed by atoms with E-state index < -0.39 is 0 Å². The number of rotatable bonds is 3. The summed E-state index contributed by atoms with van der Waals surface area (Å²) in [5.74, 6) is 1.50. The van der Waals surface area contributed by atoms with E-state index in [0.717, 1.165) is 41.2 Å². The van der Waals surface area contributed by atoms with Crippen molar-refractivity contribution in [3.63, 3.8) is 0 Å². The van der Waals surface area contributed by atoms with Gasteiger partial charge in [0.1, 0.15) is 0 Å². The summed E-state index contributed by atoms with van der Waals surface area (Å²) in [7, 11) is 0. The van der Waals surface area contributed by atoms with Gasteiger partial charge in [0.15, 0.2) is 5.82 Å². The number of carbonyl (C=O) groups excluding carboxylic acids is 1. The molecule has 2 heterocycles. The highest BCUT2D eigenvalue weighted by Gasteiger charge is 2.24. The van der Waals surface area contributed by atoms with Crippen molar-refractivity contribution >= 4 is 22.8 Å². The molecule has 1 amide bonds. The monoisotopic (exact) mass is 374 g/mol. The van der Waals surface area contributed by atoms with Crippen LogP contribution in [0.2, 0.25) is 0 Å². The van der Waals surface area contributed by atoms with E-state index in [0.29, 0.717) is 19.0 Å². The van der Waals surface area contributed by atoms with Gasteiger partial charge in [0.05, 0.1) is 16.7 Å². The first-order valence-corrected chi connectivity index (χ1v) is 9.90. The summed E-state index contributed by atoms with van der Waals surface area (Å²) in [5.41, 5.74) is 4.78. The van der Waals surface area contributed by atoms with Gasteiger partial charge >= 0.3 is 0 Å². The molecule has 0 bridgehead atoms. The molecule has 1 aromatic heterocycles. The number of aryl methyl sites for hydroxylation is 1. The predicted octanol–water partition coefficient (Wildman–Crippen LogP) is 4.02. The van der Waals surface area contributed by atoms with Gasteiger partial charge in [-0.25, -0.2) is 9.97 Å². The smallest absolute Gasteiger partial charge is 0.253 e. The van der Waals surface area contributed by atoms with Crippen molar-refractivity contribution in [2.45, 2.75) is 26.7 Å². The van der Waals surface area contributed by atoms with Crippen LogP contribution in [-0.2, 0) is 0 Å². The molecule has 5 heteroatoms. The van der Waals surface area contributed by atoms with Crippen LogP contribution >= 0.6 is 0 Å². The maximum atomic E-state index is 12.8. The minimum Gasteiger partial charge on any atom is -0.352 e. The summed E-state index contributed by atoms with van der Waals surface area (Å²) in [5, 5.41) is 0. The first kappa shape index (κ1) is 18.4. The van der Waals surface area contributed by atoms with E-state index in [-0.39, 0.29) is 5.91 Å². The Hall–Kier alpha value is -2.95. The van der Waals surface area contributed by atoms with Crippen LogP contribution in [0.5, 0.6) is 0 Å². The Bertz CT molecular complexity index is 989. The molecule has 0 atom stereocenters. The average molecular weight is 374 g/mol. The molecule has 1 aliphatic heterocycles. The van der Waals surface area contributed by atoms with E-state index in [4.69, 9.17) is 9.97 Å². The highest BCUT2D eigenvalue weighted by Crippen LogP contribution is 2.22. The van der Waals surface area contributed by atoms with Gasteiger partial charge in [-0.1, -0.05) is 38.1 Å². The van der Waals surface area contributed by atoms with Crippen molar-refractivity contribution in [1.82, 2.24) is 14.9 Å². The number of benzene rings is 2. The third kappa shape index (κ3) is 3.57. The lowest BCUT2D eigenvalue weighted by Gasteiger charge is -2.36. The Labute approximate surface area is 166 Å². The highest BCUT2D eigenvalue weighted by molar-refractivity contribution is 5.94. The van der Waals surface area contributed by atoms with Gasteiger partial charge in [-0.15, -0.1) is 0 Å². The molecule has 5 nitrogen and oxygen atoms in total. The molecule has 1 saturated heterocycles. The number of fused-ring (bicyclic) bond motifs is 1. The third-order valence-corrected chi connectivity index (χ3v) is 5.41. The second-order valence-electron chi connectivity index (χ2n) is 7.68. The zero-order chi connectivity index (χ0) is 19.7. The largest absolute Gasteiger partial charge is 0.352 e. The molecule has 1 aliphatic rings. The van der Waals surface area contributed by atoms with E-state index in [1.165, 1.54) is 5.56 Å². The van der Waals surface area contributed by atoms with Crippen molar-refractivity contribution < 1.29 is 4.79 Å². The Kier molecular flexibility index (Phi) is 4.99. The maximum Gasteiger partial charge on any atom is 0.253 e. The van der Waals surface area contributed by atoms with Gasteiger partial charge < -0.3 is 9.80 Å². The lowest BCUT2D eigenvalue weighted by atomic mass is 10.0. The highest BCUT2D eigenvalue weighted by atomic mass is 16.2. The molecule has 4 rings (SSSR count). The molecular weight excluding hydrogens is 348 g/mol. The number of para-hydroxylation sites is 2. The molecule has 0 saturated carbocycles. The number of nitrogens with zero attached hydrogens (tertiary/aromatic N) is 4. The lowest BCUT2D eigenvalue weighted by Crippen LogP contribution is -2.49. The van der Waals surface area contributed by atoms with Crippen molar-refractivity contribution in [3.8, 4) is 0 Å².